The lowest BCUT2D eigenvalue weighted by atomic mass is 10.0. The summed E-state index contributed by atoms with van der Waals surface area (Å²) in [7, 11) is 1.63. The molecule has 0 radical (unpaired) electrons. The van der Waals surface area contributed by atoms with Gasteiger partial charge >= 0.3 is 0 Å². The number of aryl methyl sites for hydroxylation is 1. The molecule has 0 saturated heterocycles. The van der Waals surface area contributed by atoms with E-state index in [9.17, 15) is 4.79 Å². The van der Waals surface area contributed by atoms with Crippen LogP contribution in [0.1, 0.15) is 37.9 Å². The van der Waals surface area contributed by atoms with Crippen LogP contribution in [-0.4, -0.2) is 19.1 Å². The van der Waals surface area contributed by atoms with Gasteiger partial charge in [-0.3, -0.25) is 4.79 Å². The Morgan fingerprint density at radius 1 is 1.30 bits per heavy atom. The molecule has 0 heterocycles. The first-order valence-electron chi connectivity index (χ1n) is 6.57. The summed E-state index contributed by atoms with van der Waals surface area (Å²) in [6.07, 6.45) is 0. The molecule has 1 amide bonds. The Bertz CT molecular complexity index is 449. The number of methoxy groups -OCH3 is 1. The maximum Gasteiger partial charge on any atom is 0.237 e. The third kappa shape index (κ3) is 4.69. The van der Waals surface area contributed by atoms with Gasteiger partial charge in [-0.25, -0.2) is 0 Å². The summed E-state index contributed by atoms with van der Waals surface area (Å²) in [6, 6.07) is 5.29. The molecule has 1 rings (SSSR count). The van der Waals surface area contributed by atoms with Crippen molar-refractivity contribution in [2.45, 2.75) is 39.8 Å². The number of nitrogens with two attached hydrogens (primary N) is 1. The largest absolute Gasteiger partial charge is 0.496 e. The van der Waals surface area contributed by atoms with Crippen molar-refractivity contribution in [3.05, 3.63) is 29.3 Å². The zero-order chi connectivity index (χ0) is 14.6. The Kier molecular flexibility index (Phi) is 7.61. The number of benzene rings is 1. The minimum Gasteiger partial charge on any atom is -0.496 e. The molecule has 1 aromatic rings. The monoisotopic (exact) mass is 300 g/mol. The second-order valence-corrected chi connectivity index (χ2v) is 5.25. The summed E-state index contributed by atoms with van der Waals surface area (Å²) in [5.41, 5.74) is 7.94. The topological polar surface area (TPSA) is 64.3 Å². The minimum absolute atomic E-state index is 0. The van der Waals surface area contributed by atoms with Crippen molar-refractivity contribution in [1.29, 1.82) is 0 Å². The molecular formula is C15H25ClN2O2. The lowest BCUT2D eigenvalue weighted by molar-refractivity contribution is -0.123. The smallest absolute Gasteiger partial charge is 0.237 e. The number of amides is 1. The highest BCUT2D eigenvalue weighted by molar-refractivity contribution is 5.85. The molecule has 3 N–H and O–H groups in total. The molecule has 1 aromatic carbocycles. The lowest BCUT2D eigenvalue weighted by Crippen LogP contribution is -2.44. The highest BCUT2D eigenvalue weighted by Gasteiger charge is 2.20. The summed E-state index contributed by atoms with van der Waals surface area (Å²) < 4.78 is 5.33. The summed E-state index contributed by atoms with van der Waals surface area (Å²) in [5.74, 6) is 0.759. The van der Waals surface area contributed by atoms with Crippen LogP contribution in [0.4, 0.5) is 0 Å². The molecule has 0 aromatic heterocycles. The predicted molar refractivity (Wildman–Crippen MR) is 84.4 cm³/mol. The molecule has 0 saturated carbocycles. The first kappa shape index (κ1) is 18.7. The summed E-state index contributed by atoms with van der Waals surface area (Å²) in [4.78, 5) is 12.0. The van der Waals surface area contributed by atoms with Crippen molar-refractivity contribution in [3.63, 3.8) is 0 Å². The van der Waals surface area contributed by atoms with Crippen LogP contribution in [0.2, 0.25) is 0 Å². The molecule has 114 valence electrons. The van der Waals surface area contributed by atoms with Crippen molar-refractivity contribution < 1.29 is 9.53 Å². The number of carbonyl (C=O) groups excluding carboxylic acids is 1. The number of halogens is 1. The molecule has 20 heavy (non-hydrogen) atoms. The van der Waals surface area contributed by atoms with E-state index in [0.29, 0.717) is 0 Å². The van der Waals surface area contributed by atoms with E-state index in [-0.39, 0.29) is 30.3 Å². The third-order valence-corrected chi connectivity index (χ3v) is 3.23. The molecule has 0 fully saturated rings. The van der Waals surface area contributed by atoms with Gasteiger partial charge in [0.05, 0.1) is 19.2 Å². The Morgan fingerprint density at radius 2 is 1.90 bits per heavy atom. The quantitative estimate of drug-likeness (QED) is 0.878. The van der Waals surface area contributed by atoms with Crippen LogP contribution >= 0.6 is 12.4 Å². The van der Waals surface area contributed by atoms with Crippen LogP contribution < -0.4 is 15.8 Å². The molecule has 5 heteroatoms. The third-order valence-electron chi connectivity index (χ3n) is 3.23. The highest BCUT2D eigenvalue weighted by atomic mass is 35.5. The van der Waals surface area contributed by atoms with Crippen LogP contribution in [-0.2, 0) is 4.79 Å². The van der Waals surface area contributed by atoms with Crippen LogP contribution in [0.25, 0.3) is 0 Å². The molecule has 0 aliphatic rings. The fourth-order valence-electron chi connectivity index (χ4n) is 1.88. The summed E-state index contributed by atoms with van der Waals surface area (Å²) in [6.45, 7) is 7.81. The number of hydrogen-bond donors (Lipinski definition) is 2. The van der Waals surface area contributed by atoms with Gasteiger partial charge < -0.3 is 15.8 Å². The second-order valence-electron chi connectivity index (χ2n) is 5.25. The molecular weight excluding hydrogens is 276 g/mol. The predicted octanol–water partition coefficient (Wildman–Crippen LogP) is 2.59. The fourth-order valence-corrected chi connectivity index (χ4v) is 1.88. The molecule has 0 bridgehead atoms. The average Bonchev–Trinajstić information content (AvgIpc) is 2.37. The van der Waals surface area contributed by atoms with Gasteiger partial charge in [0.15, 0.2) is 0 Å². The van der Waals surface area contributed by atoms with E-state index >= 15 is 0 Å². The average molecular weight is 301 g/mol. The van der Waals surface area contributed by atoms with Gasteiger partial charge in [-0.1, -0.05) is 31.5 Å². The van der Waals surface area contributed by atoms with E-state index < -0.39 is 6.04 Å². The zero-order valence-electron chi connectivity index (χ0n) is 12.8. The Labute approximate surface area is 127 Å². The Morgan fingerprint density at radius 3 is 2.40 bits per heavy atom. The van der Waals surface area contributed by atoms with E-state index in [0.717, 1.165) is 16.9 Å². The van der Waals surface area contributed by atoms with Gasteiger partial charge in [-0.15, -0.1) is 12.4 Å². The van der Waals surface area contributed by atoms with Crippen LogP contribution in [0.5, 0.6) is 5.75 Å². The standard InChI is InChI=1S/C15H24N2O2.ClH/c1-9(2)14(16)15(18)17-11(4)12-8-10(3)6-7-13(12)19-5;/h6-9,11,14H,16H2,1-5H3,(H,17,18);1H/t11?,14-;/m0./s1. The first-order valence-corrected chi connectivity index (χ1v) is 6.57. The van der Waals surface area contributed by atoms with Crippen molar-refractivity contribution >= 4 is 18.3 Å². The Balaban J connectivity index is 0.00000361. The van der Waals surface area contributed by atoms with Crippen LogP contribution in [0.15, 0.2) is 18.2 Å². The van der Waals surface area contributed by atoms with Gasteiger partial charge in [-0.05, 0) is 25.8 Å². The number of ether oxygens (including phenoxy) is 1. The van der Waals surface area contributed by atoms with Gasteiger partial charge in [0.25, 0.3) is 0 Å². The maximum atomic E-state index is 12.0. The number of carbonyl (C=O) groups is 1. The second kappa shape index (κ2) is 8.12. The SMILES string of the molecule is COc1ccc(C)cc1C(C)NC(=O)[C@@H](N)C(C)C.Cl. The molecule has 1 unspecified atom stereocenters. The number of nitrogens with one attached hydrogen (secondary N) is 1. The highest BCUT2D eigenvalue weighted by Crippen LogP contribution is 2.26. The number of rotatable bonds is 5. The zero-order valence-corrected chi connectivity index (χ0v) is 13.6. The van der Waals surface area contributed by atoms with Gasteiger partial charge in [-0.2, -0.15) is 0 Å². The minimum atomic E-state index is -0.488. The van der Waals surface area contributed by atoms with Crippen LogP contribution in [0.3, 0.4) is 0 Å². The molecule has 4 nitrogen and oxygen atoms in total. The van der Waals surface area contributed by atoms with E-state index in [1.165, 1.54) is 0 Å². The fraction of sp³-hybridized carbons (Fsp3) is 0.533. The van der Waals surface area contributed by atoms with Crippen molar-refractivity contribution in [1.82, 2.24) is 5.32 Å². The Hall–Kier alpha value is -1.26. The van der Waals surface area contributed by atoms with E-state index in [1.807, 2.05) is 45.9 Å². The van der Waals surface area contributed by atoms with Crippen molar-refractivity contribution in [2.24, 2.45) is 11.7 Å². The van der Waals surface area contributed by atoms with Crippen molar-refractivity contribution in [2.75, 3.05) is 7.11 Å². The van der Waals surface area contributed by atoms with Crippen LogP contribution in [0, 0.1) is 12.8 Å². The van der Waals surface area contributed by atoms with E-state index in [1.54, 1.807) is 7.11 Å². The first-order chi connectivity index (χ1) is 8.86. The molecule has 0 aliphatic carbocycles. The molecule has 2 atom stereocenters. The lowest BCUT2D eigenvalue weighted by Gasteiger charge is -2.21. The van der Waals surface area contributed by atoms with Gasteiger partial charge in [0.1, 0.15) is 5.75 Å². The number of hydrogen-bond acceptors (Lipinski definition) is 3. The van der Waals surface area contributed by atoms with E-state index in [4.69, 9.17) is 10.5 Å². The normalized spacial score (nSPS) is 13.3. The van der Waals surface area contributed by atoms with Gasteiger partial charge in [0.2, 0.25) is 5.91 Å². The maximum absolute atomic E-state index is 12.0. The summed E-state index contributed by atoms with van der Waals surface area (Å²) in [5, 5.41) is 2.94. The van der Waals surface area contributed by atoms with E-state index in [2.05, 4.69) is 5.32 Å². The molecule has 0 aliphatic heterocycles. The van der Waals surface area contributed by atoms with Gasteiger partial charge in [0, 0.05) is 5.56 Å². The van der Waals surface area contributed by atoms with Crippen molar-refractivity contribution in [3.8, 4) is 5.75 Å². The molecule has 0 spiro atoms. The summed E-state index contributed by atoms with van der Waals surface area (Å²) >= 11 is 0.